The molecule has 0 amide bonds. The summed E-state index contributed by atoms with van der Waals surface area (Å²) in [6, 6.07) is 40.9. The summed E-state index contributed by atoms with van der Waals surface area (Å²) in [4.78, 5) is 9.92. The third-order valence-corrected chi connectivity index (χ3v) is 10.6. The topological polar surface area (TPSA) is 197 Å². The summed E-state index contributed by atoms with van der Waals surface area (Å²) in [5, 5.41) is 25.4. The maximum absolute atomic E-state index is 9.92. The number of carboxylic acid groups (broad SMARTS) is 1. The molecular formula is C55H77BrCrO14. The molecule has 4 fully saturated rings. The van der Waals surface area contributed by atoms with Crippen LogP contribution in [0.5, 0.6) is 0 Å². The van der Waals surface area contributed by atoms with Gasteiger partial charge in [0.15, 0.2) is 0 Å². The normalized spacial score (nSPS) is 17.2. The predicted octanol–water partition coefficient (Wildman–Crippen LogP) is 10.3. The first-order valence-corrected chi connectivity index (χ1v) is 26.6. The van der Waals surface area contributed by atoms with Gasteiger partial charge in [-0.15, -0.1) is 13.2 Å². The van der Waals surface area contributed by atoms with E-state index in [1.165, 1.54) is 28.7 Å². The predicted molar refractivity (Wildman–Crippen MR) is 272 cm³/mol. The van der Waals surface area contributed by atoms with Gasteiger partial charge in [0.1, 0.15) is 0 Å². The van der Waals surface area contributed by atoms with Crippen molar-refractivity contribution >= 4 is 21.9 Å². The van der Waals surface area contributed by atoms with Crippen molar-refractivity contribution in [3.8, 4) is 0 Å². The fourth-order valence-electron chi connectivity index (χ4n) is 5.59. The largest absolute Gasteiger partial charge is 0.378 e. The molecule has 16 heteroatoms. The van der Waals surface area contributed by atoms with Crippen LogP contribution in [0.15, 0.2) is 147 Å². The SMILES string of the molecule is BrCc1ccccc1.C=CCCO.C=CCCOCc1ccccc1.O=C(O)CC1CCO1.OCCC1CCO1.[O]=[Cr](=[O])=[O].c1ccc(COCCC2CCO2)cc1.c1ccc(COCCC2CO2)cc1. The number of ether oxygens (including phenoxy) is 7. The Morgan fingerprint density at radius 1 is 0.549 bits per heavy atom. The molecule has 4 unspecified atom stereocenters. The summed E-state index contributed by atoms with van der Waals surface area (Å²) < 4.78 is 62.3. The molecular weight excluding hydrogens is 1020 g/mol. The Bertz CT molecular complexity index is 1930. The number of carboxylic acids is 1. The van der Waals surface area contributed by atoms with E-state index in [4.69, 9.17) is 59.9 Å². The Morgan fingerprint density at radius 2 is 0.901 bits per heavy atom. The minimum absolute atomic E-state index is 0.00694. The maximum Gasteiger partial charge on any atom is 0.0831 e. The molecule has 4 aliphatic rings. The van der Waals surface area contributed by atoms with Gasteiger partial charge in [-0.3, -0.25) is 4.79 Å². The molecule has 394 valence electrons. The summed E-state index contributed by atoms with van der Waals surface area (Å²) in [7, 11) is 0. The maximum atomic E-state index is 9.92. The standard InChI is InChI=1S/C12H16O2.C11H14O2.C11H14O.C7H7Br.C5H8O3.C5H10O2.C4H8O.Cr.3O/c1-2-4-11(5-3-1)10-13-8-6-12-7-9-14-12;1-2-4-10(5-3-1)8-12-7-6-11-9-13-11;1-2-3-9-12-10-11-7-5-4-6-8-11;8-6-7-4-2-1-3-5-7;6-5(7)3-4-1-2-8-4;6-3-1-5-2-4-7-5;1-2-3-4-5;;;;/h1-5,12H,6-10H2;1-5,11H,6-9H2;2,4-8H,1,3,9-10H2;1-5H,6H2;4H,1-3H2,(H,6,7);5-6H,1-4H2;2,5H,1,3-4H2;;;;. The van der Waals surface area contributed by atoms with Crippen molar-refractivity contribution in [1.82, 2.24) is 0 Å². The molecule has 3 N–H and O–H groups in total. The van der Waals surface area contributed by atoms with Gasteiger partial charge in [-0.2, -0.15) is 0 Å². The van der Waals surface area contributed by atoms with E-state index in [0.717, 1.165) is 90.1 Å². The van der Waals surface area contributed by atoms with Gasteiger partial charge >= 0.3 is 31.3 Å². The molecule has 4 heterocycles. The number of hydrogen-bond acceptors (Lipinski definition) is 13. The van der Waals surface area contributed by atoms with E-state index >= 15 is 0 Å². The molecule has 8 rings (SSSR count). The van der Waals surface area contributed by atoms with Gasteiger partial charge in [0, 0.05) is 51.6 Å². The van der Waals surface area contributed by atoms with Gasteiger partial charge in [-0.05, 0) is 73.6 Å². The van der Waals surface area contributed by atoms with Crippen LogP contribution < -0.4 is 0 Å². The second-order valence-electron chi connectivity index (χ2n) is 15.8. The molecule has 14 nitrogen and oxygen atoms in total. The average molecular weight is 1090 g/mol. The fraction of sp³-hybridized carbons (Fsp3) is 0.473. The Kier molecular flexibility index (Phi) is 42.9. The smallest absolute Gasteiger partial charge is 0.0831 e. The van der Waals surface area contributed by atoms with Crippen molar-refractivity contribution in [3.05, 3.63) is 169 Å². The van der Waals surface area contributed by atoms with Crippen molar-refractivity contribution in [2.75, 3.05) is 59.5 Å². The van der Waals surface area contributed by atoms with Crippen LogP contribution in [0.2, 0.25) is 0 Å². The van der Waals surface area contributed by atoms with E-state index in [2.05, 4.69) is 77.6 Å². The summed E-state index contributed by atoms with van der Waals surface area (Å²) in [6.07, 6.45) is 12.8. The van der Waals surface area contributed by atoms with E-state index in [9.17, 15) is 4.79 Å². The molecule has 4 aliphatic heterocycles. The molecule has 4 aromatic carbocycles. The monoisotopic (exact) mass is 1090 g/mol. The first-order valence-electron chi connectivity index (χ1n) is 24.0. The van der Waals surface area contributed by atoms with E-state index in [1.54, 1.807) is 6.08 Å². The Hall–Kier alpha value is -4.12. The fourth-order valence-corrected chi connectivity index (χ4v) is 5.96. The average Bonchev–Trinajstić information content (AvgIpc) is 4.18. The zero-order valence-electron chi connectivity index (χ0n) is 41.1. The van der Waals surface area contributed by atoms with E-state index < -0.39 is 19.9 Å². The van der Waals surface area contributed by atoms with E-state index in [-0.39, 0.29) is 25.7 Å². The van der Waals surface area contributed by atoms with Crippen LogP contribution in [-0.2, 0) is 88.5 Å². The van der Waals surface area contributed by atoms with Crippen molar-refractivity contribution in [2.45, 2.75) is 107 Å². The first kappa shape index (κ1) is 64.9. The minimum Gasteiger partial charge on any atom is -0.378 e. The van der Waals surface area contributed by atoms with Crippen LogP contribution in [0.25, 0.3) is 0 Å². The summed E-state index contributed by atoms with van der Waals surface area (Å²) in [5.41, 5.74) is 5.02. The molecule has 0 bridgehead atoms. The third kappa shape index (κ3) is 42.1. The molecule has 0 radical (unpaired) electrons. The first-order chi connectivity index (χ1) is 34.6. The third-order valence-electron chi connectivity index (χ3n) is 9.94. The Morgan fingerprint density at radius 3 is 1.14 bits per heavy atom. The van der Waals surface area contributed by atoms with Crippen LogP contribution in [-0.4, -0.2) is 105 Å². The number of hydrogen-bond donors (Lipinski definition) is 3. The van der Waals surface area contributed by atoms with Crippen molar-refractivity contribution in [2.24, 2.45) is 0 Å². The summed E-state index contributed by atoms with van der Waals surface area (Å²) in [6.45, 7) is 15.5. The minimum atomic E-state index is -3.79. The van der Waals surface area contributed by atoms with Crippen LogP contribution in [0.1, 0.15) is 80.0 Å². The number of halogens is 1. The molecule has 4 atom stereocenters. The van der Waals surface area contributed by atoms with Gasteiger partial charge in [-0.1, -0.05) is 149 Å². The number of aliphatic hydroxyl groups is 2. The number of benzene rings is 4. The van der Waals surface area contributed by atoms with Gasteiger partial charge in [0.25, 0.3) is 0 Å². The number of epoxide rings is 1. The molecule has 0 aromatic heterocycles. The van der Waals surface area contributed by atoms with E-state index in [0.29, 0.717) is 44.6 Å². The van der Waals surface area contributed by atoms with Crippen LogP contribution in [0.3, 0.4) is 0 Å². The van der Waals surface area contributed by atoms with Gasteiger partial charge in [-0.25, -0.2) is 0 Å². The molecule has 4 aromatic rings. The van der Waals surface area contributed by atoms with Crippen LogP contribution in [0, 0.1) is 0 Å². The Labute approximate surface area is 434 Å². The Balaban J connectivity index is 0.000000418. The number of rotatable bonds is 22. The number of alkyl halides is 1. The molecule has 71 heavy (non-hydrogen) atoms. The second-order valence-corrected chi connectivity index (χ2v) is 17.0. The molecule has 0 aliphatic carbocycles. The second kappa shape index (κ2) is 46.9. The van der Waals surface area contributed by atoms with Crippen LogP contribution >= 0.6 is 15.9 Å². The quantitative estimate of drug-likeness (QED) is 0.0291. The summed E-state index contributed by atoms with van der Waals surface area (Å²) >= 11 is -0.434. The van der Waals surface area contributed by atoms with Gasteiger partial charge in [0.2, 0.25) is 0 Å². The zero-order chi connectivity index (χ0) is 51.8. The van der Waals surface area contributed by atoms with Gasteiger partial charge < -0.3 is 48.5 Å². The van der Waals surface area contributed by atoms with Crippen molar-refractivity contribution in [3.63, 3.8) is 0 Å². The number of aliphatic carboxylic acids is 1. The van der Waals surface area contributed by atoms with Gasteiger partial charge in [0.05, 0.1) is 63.9 Å². The molecule has 0 saturated carbocycles. The van der Waals surface area contributed by atoms with Crippen molar-refractivity contribution < 1.29 is 78.6 Å². The number of carbonyl (C=O) groups is 1. The van der Waals surface area contributed by atoms with E-state index in [1.807, 2.05) is 78.9 Å². The molecule has 4 saturated heterocycles. The number of aliphatic hydroxyl groups excluding tert-OH is 2. The molecule has 0 spiro atoms. The summed E-state index contributed by atoms with van der Waals surface area (Å²) in [5.74, 6) is -0.769. The van der Waals surface area contributed by atoms with Crippen LogP contribution in [0.4, 0.5) is 0 Å². The van der Waals surface area contributed by atoms with Crippen molar-refractivity contribution in [1.29, 1.82) is 0 Å². The zero-order valence-corrected chi connectivity index (χ0v) is 44.0.